The molecule has 1 N–H and O–H groups in total. The van der Waals surface area contributed by atoms with Crippen LogP contribution in [0.15, 0.2) is 30.3 Å². The van der Waals surface area contributed by atoms with Crippen LogP contribution in [-0.2, 0) is 10.3 Å². The average molecular weight is 255 g/mol. The van der Waals surface area contributed by atoms with Gasteiger partial charge in [0.05, 0.1) is 0 Å². The molecule has 0 spiro atoms. The molecule has 0 aromatic heterocycles. The maximum absolute atomic E-state index is 13.3. The second-order valence-corrected chi connectivity index (χ2v) is 3.83. The molecule has 0 radical (unpaired) electrons. The quantitative estimate of drug-likeness (QED) is 0.826. The number of carbonyl (C=O) groups is 1. The van der Waals surface area contributed by atoms with Crippen LogP contribution in [0.3, 0.4) is 0 Å². The van der Waals surface area contributed by atoms with Gasteiger partial charge in [-0.25, -0.2) is 0 Å². The van der Waals surface area contributed by atoms with Crippen molar-refractivity contribution >= 4 is 5.91 Å². The number of hydrogen-bond donors (Lipinski definition) is 1. The molecule has 1 unspecified atom stereocenters. The molecular formula is C13H12F3NO. The van der Waals surface area contributed by atoms with Gasteiger partial charge in [0.15, 0.2) is 5.54 Å². The van der Waals surface area contributed by atoms with Crippen molar-refractivity contribution in [1.29, 1.82) is 0 Å². The first-order chi connectivity index (χ1) is 8.33. The predicted molar refractivity (Wildman–Crippen MR) is 61.4 cm³/mol. The fourth-order valence-corrected chi connectivity index (χ4v) is 1.73. The fraction of sp³-hybridized carbons (Fsp3) is 0.308. The molecule has 2 nitrogen and oxygen atoms in total. The zero-order chi connectivity index (χ0) is 13.8. The number of carbonyl (C=O) groups excluding carboxylic acids is 1. The summed E-state index contributed by atoms with van der Waals surface area (Å²) in [6.07, 6.45) is -0.304. The standard InChI is InChI=1S/C13H12F3NO/c1-3-9-12(13(14,15)16,17-10(2)18)11-7-5-4-6-8-11/h1,4-8H,9H2,2H3,(H,17,18). The Kier molecular flexibility index (Phi) is 4.02. The summed E-state index contributed by atoms with van der Waals surface area (Å²) in [4.78, 5) is 11.1. The minimum absolute atomic E-state index is 0.0781. The Labute approximate surface area is 103 Å². The summed E-state index contributed by atoms with van der Waals surface area (Å²) in [6, 6.07) is 7.11. The third kappa shape index (κ3) is 2.65. The fourth-order valence-electron chi connectivity index (χ4n) is 1.73. The Bertz CT molecular complexity index is 461. The highest BCUT2D eigenvalue weighted by molar-refractivity contribution is 5.74. The number of benzene rings is 1. The second-order valence-electron chi connectivity index (χ2n) is 3.83. The molecule has 1 aromatic carbocycles. The van der Waals surface area contributed by atoms with E-state index in [1.807, 2.05) is 11.2 Å². The van der Waals surface area contributed by atoms with Crippen LogP contribution in [0.4, 0.5) is 13.2 Å². The van der Waals surface area contributed by atoms with E-state index < -0.39 is 24.0 Å². The zero-order valence-electron chi connectivity index (χ0n) is 9.71. The highest BCUT2D eigenvalue weighted by Crippen LogP contribution is 2.41. The largest absolute Gasteiger partial charge is 0.416 e. The lowest BCUT2D eigenvalue weighted by molar-refractivity contribution is -0.201. The van der Waals surface area contributed by atoms with Gasteiger partial charge in [-0.05, 0) is 5.56 Å². The molecule has 0 fully saturated rings. The molecule has 1 amide bonds. The van der Waals surface area contributed by atoms with E-state index >= 15 is 0 Å². The first-order valence-electron chi connectivity index (χ1n) is 5.18. The van der Waals surface area contributed by atoms with Crippen molar-refractivity contribution in [3.05, 3.63) is 35.9 Å². The van der Waals surface area contributed by atoms with E-state index in [-0.39, 0.29) is 5.56 Å². The summed E-state index contributed by atoms with van der Waals surface area (Å²) in [5.74, 6) is 1.20. The highest BCUT2D eigenvalue weighted by atomic mass is 19.4. The van der Waals surface area contributed by atoms with Crippen molar-refractivity contribution in [3.63, 3.8) is 0 Å². The van der Waals surface area contributed by atoms with Crippen LogP contribution in [0.2, 0.25) is 0 Å². The van der Waals surface area contributed by atoms with Gasteiger partial charge in [-0.3, -0.25) is 4.79 Å². The number of nitrogens with one attached hydrogen (secondary N) is 1. The smallest absolute Gasteiger partial charge is 0.338 e. The molecule has 18 heavy (non-hydrogen) atoms. The molecule has 0 saturated carbocycles. The van der Waals surface area contributed by atoms with E-state index in [1.54, 1.807) is 6.07 Å². The van der Waals surface area contributed by atoms with Crippen molar-refractivity contribution in [2.24, 2.45) is 0 Å². The first-order valence-corrected chi connectivity index (χ1v) is 5.18. The molecule has 96 valence electrons. The average Bonchev–Trinajstić information content (AvgIpc) is 2.27. The van der Waals surface area contributed by atoms with Crippen LogP contribution < -0.4 is 5.32 Å². The van der Waals surface area contributed by atoms with Crippen LogP contribution in [0.1, 0.15) is 18.9 Å². The second kappa shape index (κ2) is 5.13. The normalized spacial score (nSPS) is 14.4. The lowest BCUT2D eigenvalue weighted by Crippen LogP contribution is -2.55. The molecular weight excluding hydrogens is 243 g/mol. The molecule has 0 heterocycles. The number of alkyl halides is 3. The van der Waals surface area contributed by atoms with Gasteiger partial charge < -0.3 is 5.32 Å². The predicted octanol–water partition coefficient (Wildman–Crippen LogP) is 2.60. The van der Waals surface area contributed by atoms with Gasteiger partial charge >= 0.3 is 6.18 Å². The number of amides is 1. The Morgan fingerprint density at radius 2 is 1.89 bits per heavy atom. The molecule has 1 rings (SSSR count). The summed E-state index contributed by atoms with van der Waals surface area (Å²) in [5, 5.41) is 1.94. The SMILES string of the molecule is C#CCC(NC(C)=O)(c1ccccc1)C(F)(F)F. The highest BCUT2D eigenvalue weighted by Gasteiger charge is 2.56. The molecule has 1 atom stereocenters. The van der Waals surface area contributed by atoms with Crippen LogP contribution in [-0.4, -0.2) is 12.1 Å². The zero-order valence-corrected chi connectivity index (χ0v) is 9.71. The number of terminal acetylenes is 1. The summed E-state index contributed by atoms with van der Waals surface area (Å²) in [5.41, 5.74) is -2.61. The van der Waals surface area contributed by atoms with Crippen LogP contribution in [0.5, 0.6) is 0 Å². The van der Waals surface area contributed by atoms with Gasteiger partial charge in [0.1, 0.15) is 0 Å². The van der Waals surface area contributed by atoms with E-state index in [9.17, 15) is 18.0 Å². The van der Waals surface area contributed by atoms with Gasteiger partial charge in [0, 0.05) is 13.3 Å². The van der Waals surface area contributed by atoms with E-state index in [1.165, 1.54) is 24.3 Å². The maximum atomic E-state index is 13.3. The van der Waals surface area contributed by atoms with Crippen LogP contribution >= 0.6 is 0 Å². The van der Waals surface area contributed by atoms with Gasteiger partial charge in [0.25, 0.3) is 0 Å². The minimum Gasteiger partial charge on any atom is -0.338 e. The van der Waals surface area contributed by atoms with Crippen molar-refractivity contribution in [2.75, 3.05) is 0 Å². The lowest BCUT2D eigenvalue weighted by atomic mass is 9.86. The van der Waals surface area contributed by atoms with Crippen LogP contribution in [0, 0.1) is 12.3 Å². The number of halogens is 3. The third-order valence-electron chi connectivity index (χ3n) is 2.51. The van der Waals surface area contributed by atoms with Crippen molar-refractivity contribution in [3.8, 4) is 12.3 Å². The Morgan fingerprint density at radius 1 is 1.33 bits per heavy atom. The topological polar surface area (TPSA) is 29.1 Å². The maximum Gasteiger partial charge on any atom is 0.416 e. The van der Waals surface area contributed by atoms with E-state index in [0.717, 1.165) is 6.92 Å². The summed E-state index contributed by atoms with van der Waals surface area (Å²) in [7, 11) is 0. The number of rotatable bonds is 3. The van der Waals surface area contributed by atoms with E-state index in [0.29, 0.717) is 0 Å². The molecule has 5 heteroatoms. The monoisotopic (exact) mass is 255 g/mol. The minimum atomic E-state index is -4.67. The lowest BCUT2D eigenvalue weighted by Gasteiger charge is -2.35. The van der Waals surface area contributed by atoms with Crippen molar-refractivity contribution in [2.45, 2.75) is 25.1 Å². The molecule has 1 aromatic rings. The summed E-state index contributed by atoms with van der Waals surface area (Å²) >= 11 is 0. The van der Waals surface area contributed by atoms with Crippen LogP contribution in [0.25, 0.3) is 0 Å². The first kappa shape index (κ1) is 14.1. The molecule has 0 aliphatic carbocycles. The molecule has 0 aliphatic rings. The van der Waals surface area contributed by atoms with Crippen molar-refractivity contribution < 1.29 is 18.0 Å². The molecule has 0 saturated heterocycles. The van der Waals surface area contributed by atoms with E-state index in [2.05, 4.69) is 0 Å². The summed E-state index contributed by atoms with van der Waals surface area (Å²) < 4.78 is 39.9. The number of hydrogen-bond acceptors (Lipinski definition) is 1. The Morgan fingerprint density at radius 3 is 2.28 bits per heavy atom. The van der Waals surface area contributed by atoms with E-state index in [4.69, 9.17) is 6.42 Å². The van der Waals surface area contributed by atoms with Gasteiger partial charge in [0.2, 0.25) is 5.91 Å². The summed E-state index contributed by atoms with van der Waals surface area (Å²) in [6.45, 7) is 1.03. The van der Waals surface area contributed by atoms with Gasteiger partial charge in [-0.2, -0.15) is 13.2 Å². The Hall–Kier alpha value is -1.96. The van der Waals surface area contributed by atoms with Gasteiger partial charge in [-0.1, -0.05) is 30.3 Å². The van der Waals surface area contributed by atoms with Gasteiger partial charge in [-0.15, -0.1) is 12.3 Å². The third-order valence-corrected chi connectivity index (χ3v) is 2.51. The Balaban J connectivity index is 3.39. The van der Waals surface area contributed by atoms with Crippen molar-refractivity contribution in [1.82, 2.24) is 5.32 Å². The molecule has 0 bridgehead atoms. The molecule has 0 aliphatic heterocycles.